The summed E-state index contributed by atoms with van der Waals surface area (Å²) in [7, 11) is 1.80. The summed E-state index contributed by atoms with van der Waals surface area (Å²) in [4.78, 5) is 20.5. The molecule has 0 aliphatic carbocycles. The largest absolute Gasteiger partial charge is 0.485 e. The number of hydrogen-bond donors (Lipinski definition) is 0. The Bertz CT molecular complexity index is 688. The lowest BCUT2D eigenvalue weighted by Gasteiger charge is -2.37. The van der Waals surface area contributed by atoms with E-state index >= 15 is 0 Å². The fraction of sp³-hybridized carbons (Fsp3) is 0.471. The Labute approximate surface area is 141 Å². The van der Waals surface area contributed by atoms with E-state index in [0.717, 1.165) is 24.5 Å². The zero-order chi connectivity index (χ0) is 17.1. The number of benzene rings is 1. The molecule has 1 aliphatic rings. The standard InChI is InChI=1S/C17H23N5O2/c1-4-21-10-14(24-16-8-6-5-7-15(16)21)9-20(3)17(23)13(2)22-12-18-11-19-22/h5-8,11-14H,4,9-10H2,1-3H3/t13-,14+/m0/s1. The summed E-state index contributed by atoms with van der Waals surface area (Å²) < 4.78 is 7.65. The van der Waals surface area contributed by atoms with E-state index in [4.69, 9.17) is 4.74 Å². The molecule has 2 heterocycles. The van der Waals surface area contributed by atoms with Gasteiger partial charge in [-0.3, -0.25) is 4.79 Å². The molecule has 0 saturated heterocycles. The molecule has 2 atom stereocenters. The minimum atomic E-state index is -0.379. The molecule has 0 radical (unpaired) electrons. The van der Waals surface area contributed by atoms with E-state index < -0.39 is 0 Å². The first kappa shape index (κ1) is 16.3. The van der Waals surface area contributed by atoms with Gasteiger partial charge < -0.3 is 14.5 Å². The predicted octanol–water partition coefficient (Wildman–Crippen LogP) is 1.59. The summed E-state index contributed by atoms with van der Waals surface area (Å²) in [5.74, 6) is 0.867. The maximum atomic E-state index is 12.6. The molecule has 1 aromatic heterocycles. The normalized spacial score (nSPS) is 17.8. The molecule has 0 bridgehead atoms. The molecule has 128 valence electrons. The van der Waals surface area contributed by atoms with E-state index in [0.29, 0.717) is 6.54 Å². The molecule has 0 saturated carbocycles. The van der Waals surface area contributed by atoms with Gasteiger partial charge in [0.2, 0.25) is 5.91 Å². The Hall–Kier alpha value is -2.57. The maximum Gasteiger partial charge on any atom is 0.247 e. The molecule has 1 aliphatic heterocycles. The summed E-state index contributed by atoms with van der Waals surface area (Å²) in [6.45, 7) is 6.15. The Morgan fingerprint density at radius 2 is 2.25 bits per heavy atom. The van der Waals surface area contributed by atoms with Crippen molar-refractivity contribution in [2.75, 3.05) is 31.6 Å². The number of likely N-dealkylation sites (N-methyl/N-ethyl adjacent to an activating group) is 2. The van der Waals surface area contributed by atoms with Crippen molar-refractivity contribution < 1.29 is 9.53 Å². The summed E-state index contributed by atoms with van der Waals surface area (Å²) in [5, 5.41) is 4.04. The number of fused-ring (bicyclic) bond motifs is 1. The summed E-state index contributed by atoms with van der Waals surface area (Å²) in [5.41, 5.74) is 1.11. The van der Waals surface area contributed by atoms with Gasteiger partial charge in [0.1, 0.15) is 30.5 Å². The molecule has 1 amide bonds. The van der Waals surface area contributed by atoms with Gasteiger partial charge in [-0.15, -0.1) is 0 Å². The van der Waals surface area contributed by atoms with Crippen LogP contribution >= 0.6 is 0 Å². The molecule has 7 heteroatoms. The Kier molecular flexibility index (Phi) is 4.69. The maximum absolute atomic E-state index is 12.6. The first-order valence-electron chi connectivity index (χ1n) is 8.20. The van der Waals surface area contributed by atoms with Gasteiger partial charge in [0.15, 0.2) is 0 Å². The Balaban J connectivity index is 1.67. The highest BCUT2D eigenvalue weighted by Gasteiger charge is 2.28. The number of aromatic nitrogens is 3. The van der Waals surface area contributed by atoms with E-state index in [1.54, 1.807) is 23.0 Å². The van der Waals surface area contributed by atoms with Crippen molar-refractivity contribution >= 4 is 11.6 Å². The Morgan fingerprint density at radius 3 is 2.96 bits per heavy atom. The van der Waals surface area contributed by atoms with E-state index in [2.05, 4.69) is 28.0 Å². The quantitative estimate of drug-likeness (QED) is 0.833. The van der Waals surface area contributed by atoms with Gasteiger partial charge in [-0.25, -0.2) is 9.67 Å². The molecular weight excluding hydrogens is 306 g/mol. The number of anilines is 1. The van der Waals surface area contributed by atoms with Gasteiger partial charge in [-0.2, -0.15) is 5.10 Å². The zero-order valence-electron chi connectivity index (χ0n) is 14.3. The first-order chi connectivity index (χ1) is 11.6. The average Bonchev–Trinajstić information content (AvgIpc) is 3.14. The number of rotatable bonds is 5. The third kappa shape index (κ3) is 3.20. The highest BCUT2D eigenvalue weighted by Crippen LogP contribution is 2.32. The number of nitrogens with zero attached hydrogens (tertiary/aromatic N) is 5. The van der Waals surface area contributed by atoms with Crippen molar-refractivity contribution in [3.63, 3.8) is 0 Å². The van der Waals surface area contributed by atoms with Crippen LogP contribution in [0.3, 0.4) is 0 Å². The van der Waals surface area contributed by atoms with Crippen LogP contribution in [0.1, 0.15) is 19.9 Å². The van der Waals surface area contributed by atoms with Gasteiger partial charge in [-0.05, 0) is 26.0 Å². The highest BCUT2D eigenvalue weighted by molar-refractivity contribution is 5.79. The molecular formula is C17H23N5O2. The fourth-order valence-corrected chi connectivity index (χ4v) is 3.02. The second-order valence-electron chi connectivity index (χ2n) is 6.02. The molecule has 0 N–H and O–H groups in total. The molecule has 7 nitrogen and oxygen atoms in total. The summed E-state index contributed by atoms with van der Waals surface area (Å²) in [6, 6.07) is 7.65. The molecule has 1 aromatic carbocycles. The van der Waals surface area contributed by atoms with Crippen molar-refractivity contribution in [2.45, 2.75) is 26.0 Å². The zero-order valence-corrected chi connectivity index (χ0v) is 14.3. The molecule has 0 unspecified atom stereocenters. The molecule has 2 aromatic rings. The highest BCUT2D eigenvalue weighted by atomic mass is 16.5. The van der Waals surface area contributed by atoms with Crippen LogP contribution in [-0.4, -0.2) is 58.4 Å². The van der Waals surface area contributed by atoms with E-state index in [1.165, 1.54) is 6.33 Å². The number of carbonyl (C=O) groups excluding carboxylic acids is 1. The average molecular weight is 329 g/mol. The van der Waals surface area contributed by atoms with Crippen LogP contribution in [0.4, 0.5) is 5.69 Å². The van der Waals surface area contributed by atoms with Gasteiger partial charge in [0, 0.05) is 13.6 Å². The van der Waals surface area contributed by atoms with E-state index in [9.17, 15) is 4.79 Å². The lowest BCUT2D eigenvalue weighted by Crippen LogP contribution is -2.47. The van der Waals surface area contributed by atoms with Crippen LogP contribution in [0.2, 0.25) is 0 Å². The number of para-hydroxylation sites is 2. The predicted molar refractivity (Wildman–Crippen MR) is 91.1 cm³/mol. The molecule has 0 fully saturated rings. The second kappa shape index (κ2) is 6.90. The van der Waals surface area contributed by atoms with Crippen LogP contribution in [0.25, 0.3) is 0 Å². The second-order valence-corrected chi connectivity index (χ2v) is 6.02. The van der Waals surface area contributed by atoms with Crippen LogP contribution in [0.5, 0.6) is 5.75 Å². The lowest BCUT2D eigenvalue weighted by atomic mass is 10.1. The minimum absolute atomic E-state index is 0.00833. The van der Waals surface area contributed by atoms with Crippen molar-refractivity contribution in [3.05, 3.63) is 36.9 Å². The number of ether oxygens (including phenoxy) is 1. The number of amides is 1. The van der Waals surface area contributed by atoms with E-state index in [-0.39, 0.29) is 18.1 Å². The number of hydrogen-bond acceptors (Lipinski definition) is 5. The first-order valence-corrected chi connectivity index (χ1v) is 8.20. The van der Waals surface area contributed by atoms with Crippen LogP contribution in [-0.2, 0) is 4.79 Å². The smallest absolute Gasteiger partial charge is 0.247 e. The Morgan fingerprint density at radius 1 is 1.46 bits per heavy atom. The summed E-state index contributed by atoms with van der Waals surface area (Å²) in [6.07, 6.45) is 2.93. The monoisotopic (exact) mass is 329 g/mol. The molecule has 3 rings (SSSR count). The van der Waals surface area contributed by atoms with Gasteiger partial charge in [0.05, 0.1) is 18.8 Å². The van der Waals surface area contributed by atoms with Crippen molar-refractivity contribution in [3.8, 4) is 5.75 Å². The van der Waals surface area contributed by atoms with Gasteiger partial charge in [-0.1, -0.05) is 12.1 Å². The van der Waals surface area contributed by atoms with Crippen LogP contribution in [0, 0.1) is 0 Å². The van der Waals surface area contributed by atoms with Gasteiger partial charge in [0.25, 0.3) is 0 Å². The third-order valence-corrected chi connectivity index (χ3v) is 4.35. The van der Waals surface area contributed by atoms with Crippen LogP contribution in [0.15, 0.2) is 36.9 Å². The lowest BCUT2D eigenvalue weighted by molar-refractivity contribution is -0.134. The number of carbonyl (C=O) groups is 1. The van der Waals surface area contributed by atoms with Gasteiger partial charge >= 0.3 is 0 Å². The van der Waals surface area contributed by atoms with Crippen molar-refractivity contribution in [1.82, 2.24) is 19.7 Å². The van der Waals surface area contributed by atoms with E-state index in [1.807, 2.05) is 25.1 Å². The molecule has 24 heavy (non-hydrogen) atoms. The molecule has 0 spiro atoms. The van der Waals surface area contributed by atoms with Crippen LogP contribution < -0.4 is 9.64 Å². The minimum Gasteiger partial charge on any atom is -0.485 e. The third-order valence-electron chi connectivity index (χ3n) is 4.35. The van der Waals surface area contributed by atoms with Crippen molar-refractivity contribution in [1.29, 1.82) is 0 Å². The fourth-order valence-electron chi connectivity index (χ4n) is 3.02. The SMILES string of the molecule is CCN1C[C@@H](CN(C)C(=O)[C@H](C)n2cncn2)Oc2ccccc21. The van der Waals surface area contributed by atoms with Crippen molar-refractivity contribution in [2.24, 2.45) is 0 Å². The topological polar surface area (TPSA) is 63.5 Å². The summed E-state index contributed by atoms with van der Waals surface area (Å²) >= 11 is 0.